The van der Waals surface area contributed by atoms with Gasteiger partial charge in [0.15, 0.2) is 0 Å². The molecule has 1 aliphatic rings. The van der Waals surface area contributed by atoms with E-state index in [0.717, 1.165) is 12.8 Å². The van der Waals surface area contributed by atoms with Gasteiger partial charge < -0.3 is 15.8 Å². The highest BCUT2D eigenvalue weighted by Crippen LogP contribution is 2.30. The standard InChI is InChI=1S/C16H23ClN2O2/c1-10-5-11(2)7-13(6-10)21-9-16(20)19-15-8-12(18)3-4-14(15)17/h3-4,8,10-11,13H,5-7,9,18H2,1-2H3,(H,19,20). The van der Waals surface area contributed by atoms with E-state index in [1.54, 1.807) is 18.2 Å². The summed E-state index contributed by atoms with van der Waals surface area (Å²) in [7, 11) is 0. The summed E-state index contributed by atoms with van der Waals surface area (Å²) in [4.78, 5) is 11.9. The lowest BCUT2D eigenvalue weighted by Crippen LogP contribution is -2.29. The van der Waals surface area contributed by atoms with E-state index < -0.39 is 0 Å². The Morgan fingerprint density at radius 2 is 2.00 bits per heavy atom. The van der Waals surface area contributed by atoms with Gasteiger partial charge in [-0.1, -0.05) is 25.4 Å². The van der Waals surface area contributed by atoms with Gasteiger partial charge in [0.05, 0.1) is 16.8 Å². The summed E-state index contributed by atoms with van der Waals surface area (Å²) in [5.41, 5.74) is 6.77. The van der Waals surface area contributed by atoms with Gasteiger partial charge in [-0.3, -0.25) is 4.79 Å². The number of hydrogen-bond acceptors (Lipinski definition) is 3. The summed E-state index contributed by atoms with van der Waals surface area (Å²) in [6, 6.07) is 5.00. The van der Waals surface area contributed by atoms with Gasteiger partial charge in [0, 0.05) is 5.69 Å². The summed E-state index contributed by atoms with van der Waals surface area (Å²) < 4.78 is 5.74. The minimum atomic E-state index is -0.201. The first kappa shape index (κ1) is 16.1. The number of ether oxygens (including phenoxy) is 1. The number of nitrogens with two attached hydrogens (primary N) is 1. The van der Waals surface area contributed by atoms with Crippen LogP contribution in [-0.4, -0.2) is 18.6 Å². The van der Waals surface area contributed by atoms with Gasteiger partial charge >= 0.3 is 0 Å². The Labute approximate surface area is 131 Å². The summed E-state index contributed by atoms with van der Waals surface area (Å²) in [5, 5.41) is 3.21. The van der Waals surface area contributed by atoms with Crippen LogP contribution in [0.1, 0.15) is 33.1 Å². The van der Waals surface area contributed by atoms with Crippen molar-refractivity contribution in [3.8, 4) is 0 Å². The molecular formula is C16H23ClN2O2. The van der Waals surface area contributed by atoms with Crippen LogP contribution in [-0.2, 0) is 9.53 Å². The lowest BCUT2D eigenvalue weighted by Gasteiger charge is -2.31. The van der Waals surface area contributed by atoms with Gasteiger partial charge in [-0.25, -0.2) is 0 Å². The topological polar surface area (TPSA) is 64.3 Å². The molecule has 1 fully saturated rings. The predicted molar refractivity (Wildman–Crippen MR) is 86.4 cm³/mol. The second kappa shape index (κ2) is 7.14. The largest absolute Gasteiger partial charge is 0.399 e. The van der Waals surface area contributed by atoms with Crippen molar-refractivity contribution in [1.82, 2.24) is 0 Å². The Hall–Kier alpha value is -1.26. The number of nitrogens with one attached hydrogen (secondary N) is 1. The van der Waals surface area contributed by atoms with Crippen LogP contribution in [0.5, 0.6) is 0 Å². The Kier molecular flexibility index (Phi) is 5.48. The van der Waals surface area contributed by atoms with Crippen molar-refractivity contribution in [2.75, 3.05) is 17.7 Å². The SMILES string of the molecule is CC1CC(C)CC(OCC(=O)Nc2cc(N)ccc2Cl)C1. The van der Waals surface area contributed by atoms with Crippen LogP contribution in [0, 0.1) is 11.8 Å². The average Bonchev–Trinajstić information content (AvgIpc) is 2.40. The van der Waals surface area contributed by atoms with Gasteiger partial charge in [0.25, 0.3) is 0 Å². The van der Waals surface area contributed by atoms with Crippen molar-refractivity contribution in [3.05, 3.63) is 23.2 Å². The average molecular weight is 311 g/mol. The molecule has 0 radical (unpaired) electrons. The van der Waals surface area contributed by atoms with E-state index in [4.69, 9.17) is 22.1 Å². The maximum atomic E-state index is 11.9. The molecule has 1 amide bonds. The number of halogens is 1. The Morgan fingerprint density at radius 1 is 1.33 bits per heavy atom. The van der Waals surface area contributed by atoms with Crippen LogP contribution >= 0.6 is 11.6 Å². The van der Waals surface area contributed by atoms with Gasteiger partial charge in [0.1, 0.15) is 6.61 Å². The molecule has 0 heterocycles. The maximum Gasteiger partial charge on any atom is 0.250 e. The molecule has 21 heavy (non-hydrogen) atoms. The third kappa shape index (κ3) is 4.90. The fourth-order valence-corrected chi connectivity index (χ4v) is 3.19. The number of carbonyl (C=O) groups is 1. The van der Waals surface area contributed by atoms with E-state index in [1.807, 2.05) is 0 Å². The van der Waals surface area contributed by atoms with Crippen LogP contribution in [0.2, 0.25) is 5.02 Å². The molecule has 116 valence electrons. The highest BCUT2D eigenvalue weighted by molar-refractivity contribution is 6.33. The number of amides is 1. The van der Waals surface area contributed by atoms with Crippen molar-refractivity contribution in [2.24, 2.45) is 11.8 Å². The Morgan fingerprint density at radius 3 is 2.67 bits per heavy atom. The third-order valence-corrected chi connectivity index (χ3v) is 4.18. The summed E-state index contributed by atoms with van der Waals surface area (Å²) in [5.74, 6) is 1.11. The van der Waals surface area contributed by atoms with Crippen LogP contribution in [0.15, 0.2) is 18.2 Å². The fourth-order valence-electron chi connectivity index (χ4n) is 3.03. The number of anilines is 2. The number of nitrogen functional groups attached to an aromatic ring is 1. The van der Waals surface area contributed by atoms with Gasteiger partial charge in [-0.15, -0.1) is 0 Å². The van der Waals surface area contributed by atoms with Gasteiger partial charge in [0.2, 0.25) is 5.91 Å². The minimum Gasteiger partial charge on any atom is -0.399 e. The van der Waals surface area contributed by atoms with Crippen molar-refractivity contribution < 1.29 is 9.53 Å². The fraction of sp³-hybridized carbons (Fsp3) is 0.562. The summed E-state index contributed by atoms with van der Waals surface area (Å²) >= 11 is 6.02. The molecule has 0 spiro atoms. The quantitative estimate of drug-likeness (QED) is 0.833. The molecule has 0 bridgehead atoms. The molecule has 2 atom stereocenters. The second-order valence-electron chi connectivity index (χ2n) is 6.14. The van der Waals surface area contributed by atoms with Crippen molar-refractivity contribution in [2.45, 2.75) is 39.2 Å². The van der Waals surface area contributed by atoms with Crippen molar-refractivity contribution in [1.29, 1.82) is 0 Å². The molecule has 1 saturated carbocycles. The van der Waals surface area contributed by atoms with E-state index in [2.05, 4.69) is 19.2 Å². The first-order chi connectivity index (χ1) is 9.94. The van der Waals surface area contributed by atoms with E-state index in [-0.39, 0.29) is 18.6 Å². The zero-order chi connectivity index (χ0) is 15.4. The predicted octanol–water partition coefficient (Wildman–Crippen LogP) is 3.70. The summed E-state index contributed by atoms with van der Waals surface area (Å²) in [6.45, 7) is 4.52. The number of rotatable bonds is 4. The molecule has 0 aliphatic heterocycles. The van der Waals surface area contributed by atoms with E-state index in [0.29, 0.717) is 28.2 Å². The first-order valence-corrected chi connectivity index (χ1v) is 7.78. The Bertz CT molecular complexity index is 497. The number of carbonyl (C=O) groups excluding carboxylic acids is 1. The van der Waals surface area contributed by atoms with Crippen molar-refractivity contribution in [3.63, 3.8) is 0 Å². The monoisotopic (exact) mass is 310 g/mol. The normalized spacial score (nSPS) is 25.6. The first-order valence-electron chi connectivity index (χ1n) is 7.40. The van der Waals surface area contributed by atoms with E-state index >= 15 is 0 Å². The molecule has 5 heteroatoms. The molecule has 0 saturated heterocycles. The molecule has 2 unspecified atom stereocenters. The van der Waals surface area contributed by atoms with Crippen LogP contribution in [0.25, 0.3) is 0 Å². The van der Waals surface area contributed by atoms with Crippen LogP contribution in [0.3, 0.4) is 0 Å². The second-order valence-corrected chi connectivity index (χ2v) is 6.55. The van der Waals surface area contributed by atoms with E-state index in [1.165, 1.54) is 6.42 Å². The molecule has 1 aliphatic carbocycles. The lowest BCUT2D eigenvalue weighted by atomic mass is 9.82. The summed E-state index contributed by atoms with van der Waals surface area (Å²) in [6.07, 6.45) is 3.46. The third-order valence-electron chi connectivity index (χ3n) is 3.85. The van der Waals surface area contributed by atoms with Crippen LogP contribution in [0.4, 0.5) is 11.4 Å². The Balaban J connectivity index is 1.83. The maximum absolute atomic E-state index is 11.9. The molecule has 3 N–H and O–H groups in total. The zero-order valence-electron chi connectivity index (χ0n) is 12.6. The highest BCUT2D eigenvalue weighted by atomic mass is 35.5. The van der Waals surface area contributed by atoms with Gasteiger partial charge in [-0.2, -0.15) is 0 Å². The van der Waals surface area contributed by atoms with E-state index in [9.17, 15) is 4.79 Å². The smallest absolute Gasteiger partial charge is 0.250 e. The number of benzene rings is 1. The highest BCUT2D eigenvalue weighted by Gasteiger charge is 2.24. The lowest BCUT2D eigenvalue weighted by molar-refractivity contribution is -0.124. The minimum absolute atomic E-state index is 0.0508. The molecule has 2 rings (SSSR count). The van der Waals surface area contributed by atoms with Crippen LogP contribution < -0.4 is 11.1 Å². The van der Waals surface area contributed by atoms with Gasteiger partial charge in [-0.05, 0) is 49.3 Å². The molecule has 1 aromatic carbocycles. The molecule has 4 nitrogen and oxygen atoms in total. The number of hydrogen-bond donors (Lipinski definition) is 2. The van der Waals surface area contributed by atoms with Crippen molar-refractivity contribution >= 4 is 28.9 Å². The molecule has 0 aromatic heterocycles. The molecule has 1 aromatic rings. The molecular weight excluding hydrogens is 288 g/mol. The zero-order valence-corrected chi connectivity index (χ0v) is 13.3.